The first kappa shape index (κ1) is 10.6. The predicted octanol–water partition coefficient (Wildman–Crippen LogP) is 0.436. The third kappa shape index (κ3) is 2.50. The van der Waals surface area contributed by atoms with Crippen molar-refractivity contribution < 1.29 is 14.3 Å². The van der Waals surface area contributed by atoms with Gasteiger partial charge in [-0.1, -0.05) is 0 Å². The normalized spacial score (nSPS) is 12.5. The highest BCUT2D eigenvalue weighted by atomic mass is 16.4. The molecule has 1 aromatic heterocycles. The van der Waals surface area contributed by atoms with Crippen LogP contribution < -0.4 is 10.6 Å². The summed E-state index contributed by atoms with van der Waals surface area (Å²) in [7, 11) is 1.74. The number of nitrogens with two attached hydrogens (primary N) is 1. The highest BCUT2D eigenvalue weighted by Crippen LogP contribution is 2.16. The molecule has 0 aliphatic carbocycles. The Labute approximate surface area is 82.1 Å². The molecule has 3 N–H and O–H groups in total. The number of carboxylic acid groups (broad SMARTS) is 1. The number of furan rings is 1. The summed E-state index contributed by atoms with van der Waals surface area (Å²) in [6, 6.07) is 2.70. The fourth-order valence-corrected chi connectivity index (χ4v) is 1.09. The quantitative estimate of drug-likeness (QED) is 0.733. The standard InChI is InChI=1S/C9H14N2O3/c1-6-3-4-8(14-6)11(2)5-7(10)9(12)13/h3-4,7H,5,10H2,1-2H3,(H,12,13). The Morgan fingerprint density at radius 1 is 1.71 bits per heavy atom. The average molecular weight is 198 g/mol. The lowest BCUT2D eigenvalue weighted by Gasteiger charge is -2.17. The molecule has 0 aromatic carbocycles. The number of rotatable bonds is 4. The largest absolute Gasteiger partial charge is 0.480 e. The van der Waals surface area contributed by atoms with Crippen molar-refractivity contribution in [3.63, 3.8) is 0 Å². The molecule has 0 amide bonds. The molecule has 1 atom stereocenters. The van der Waals surface area contributed by atoms with Gasteiger partial charge in [-0.2, -0.15) is 0 Å². The maximum absolute atomic E-state index is 10.5. The summed E-state index contributed by atoms with van der Waals surface area (Å²) in [6.07, 6.45) is 0. The first-order chi connectivity index (χ1) is 6.50. The lowest BCUT2D eigenvalue weighted by atomic mass is 10.3. The number of hydrogen-bond acceptors (Lipinski definition) is 4. The highest BCUT2D eigenvalue weighted by Gasteiger charge is 2.15. The number of aliphatic carboxylic acids is 1. The Bertz CT molecular complexity index is 322. The number of carbonyl (C=O) groups is 1. The fraction of sp³-hybridized carbons (Fsp3) is 0.444. The molecule has 78 valence electrons. The Morgan fingerprint density at radius 3 is 2.79 bits per heavy atom. The Balaban J connectivity index is 2.58. The van der Waals surface area contributed by atoms with Crippen LogP contribution >= 0.6 is 0 Å². The number of carboxylic acids is 1. The van der Waals surface area contributed by atoms with Gasteiger partial charge in [0.05, 0.1) is 0 Å². The molecular formula is C9H14N2O3. The van der Waals surface area contributed by atoms with E-state index in [1.807, 2.05) is 13.0 Å². The molecule has 0 fully saturated rings. The Kier molecular flexibility index (Phi) is 3.14. The van der Waals surface area contributed by atoms with Crippen molar-refractivity contribution in [3.8, 4) is 0 Å². The minimum Gasteiger partial charge on any atom is -0.480 e. The summed E-state index contributed by atoms with van der Waals surface area (Å²) in [5.41, 5.74) is 5.38. The van der Waals surface area contributed by atoms with Crippen molar-refractivity contribution in [3.05, 3.63) is 17.9 Å². The second-order valence-corrected chi connectivity index (χ2v) is 3.21. The third-order valence-electron chi connectivity index (χ3n) is 1.89. The van der Waals surface area contributed by atoms with Gasteiger partial charge in [-0.25, -0.2) is 0 Å². The summed E-state index contributed by atoms with van der Waals surface area (Å²) in [5, 5.41) is 8.60. The van der Waals surface area contributed by atoms with Crippen molar-refractivity contribution in [1.29, 1.82) is 0 Å². The van der Waals surface area contributed by atoms with Gasteiger partial charge in [0, 0.05) is 19.7 Å². The molecule has 0 aliphatic rings. The van der Waals surface area contributed by atoms with E-state index in [0.29, 0.717) is 5.88 Å². The second-order valence-electron chi connectivity index (χ2n) is 3.21. The summed E-state index contributed by atoms with van der Waals surface area (Å²) in [4.78, 5) is 12.2. The summed E-state index contributed by atoms with van der Waals surface area (Å²) in [6.45, 7) is 2.05. The van der Waals surface area contributed by atoms with Crippen LogP contribution in [0.5, 0.6) is 0 Å². The molecule has 1 unspecified atom stereocenters. The zero-order valence-electron chi connectivity index (χ0n) is 8.23. The van der Waals surface area contributed by atoms with Gasteiger partial charge in [-0.05, 0) is 13.0 Å². The SMILES string of the molecule is Cc1ccc(N(C)CC(N)C(=O)O)o1. The van der Waals surface area contributed by atoms with Gasteiger partial charge in [-0.3, -0.25) is 4.79 Å². The van der Waals surface area contributed by atoms with E-state index in [-0.39, 0.29) is 6.54 Å². The number of likely N-dealkylation sites (N-methyl/N-ethyl adjacent to an activating group) is 1. The van der Waals surface area contributed by atoms with Crippen LogP contribution in [-0.2, 0) is 4.79 Å². The van der Waals surface area contributed by atoms with E-state index in [2.05, 4.69) is 0 Å². The van der Waals surface area contributed by atoms with E-state index >= 15 is 0 Å². The number of nitrogens with zero attached hydrogens (tertiary/aromatic N) is 1. The molecule has 5 nitrogen and oxygen atoms in total. The van der Waals surface area contributed by atoms with Crippen LogP contribution in [0.15, 0.2) is 16.5 Å². The maximum Gasteiger partial charge on any atom is 0.322 e. The first-order valence-electron chi connectivity index (χ1n) is 4.26. The molecule has 1 rings (SSSR count). The lowest BCUT2D eigenvalue weighted by Crippen LogP contribution is -2.41. The molecule has 0 radical (unpaired) electrons. The Morgan fingerprint density at radius 2 is 2.36 bits per heavy atom. The van der Waals surface area contributed by atoms with E-state index in [1.54, 1.807) is 18.0 Å². The van der Waals surface area contributed by atoms with E-state index in [1.165, 1.54) is 0 Å². The molecular weight excluding hydrogens is 184 g/mol. The van der Waals surface area contributed by atoms with Crippen molar-refractivity contribution in [2.45, 2.75) is 13.0 Å². The molecule has 0 spiro atoms. The van der Waals surface area contributed by atoms with Gasteiger partial charge in [0.2, 0.25) is 0 Å². The monoisotopic (exact) mass is 198 g/mol. The second kappa shape index (κ2) is 4.15. The van der Waals surface area contributed by atoms with E-state index in [0.717, 1.165) is 5.76 Å². The number of hydrogen-bond donors (Lipinski definition) is 2. The van der Waals surface area contributed by atoms with Crippen LogP contribution in [-0.4, -0.2) is 30.7 Å². The topological polar surface area (TPSA) is 79.7 Å². The van der Waals surface area contributed by atoms with Crippen molar-refractivity contribution in [1.82, 2.24) is 0 Å². The first-order valence-corrected chi connectivity index (χ1v) is 4.26. The maximum atomic E-state index is 10.5. The molecule has 0 saturated carbocycles. The third-order valence-corrected chi connectivity index (χ3v) is 1.89. The van der Waals surface area contributed by atoms with E-state index < -0.39 is 12.0 Å². The lowest BCUT2D eigenvalue weighted by molar-refractivity contribution is -0.138. The molecule has 0 aliphatic heterocycles. The molecule has 5 heteroatoms. The van der Waals surface area contributed by atoms with Gasteiger partial charge in [-0.15, -0.1) is 0 Å². The van der Waals surface area contributed by atoms with E-state index in [9.17, 15) is 4.79 Å². The number of aryl methyl sites for hydroxylation is 1. The van der Waals surface area contributed by atoms with Gasteiger partial charge in [0.15, 0.2) is 5.88 Å². The predicted molar refractivity (Wildman–Crippen MR) is 52.3 cm³/mol. The van der Waals surface area contributed by atoms with Crippen LogP contribution in [0.1, 0.15) is 5.76 Å². The number of anilines is 1. The minimum absolute atomic E-state index is 0.224. The molecule has 14 heavy (non-hydrogen) atoms. The van der Waals surface area contributed by atoms with Crippen LogP contribution in [0, 0.1) is 6.92 Å². The van der Waals surface area contributed by atoms with Crippen molar-refractivity contribution >= 4 is 11.9 Å². The fourth-order valence-electron chi connectivity index (χ4n) is 1.09. The minimum atomic E-state index is -1.01. The van der Waals surface area contributed by atoms with E-state index in [4.69, 9.17) is 15.3 Å². The smallest absolute Gasteiger partial charge is 0.322 e. The summed E-state index contributed by atoms with van der Waals surface area (Å²) < 4.78 is 5.30. The van der Waals surface area contributed by atoms with Gasteiger partial charge in [0.25, 0.3) is 0 Å². The van der Waals surface area contributed by atoms with Crippen molar-refractivity contribution in [2.75, 3.05) is 18.5 Å². The molecule has 1 heterocycles. The summed E-state index contributed by atoms with van der Waals surface area (Å²) in [5.74, 6) is 0.398. The van der Waals surface area contributed by atoms with Crippen LogP contribution in [0.2, 0.25) is 0 Å². The van der Waals surface area contributed by atoms with Crippen LogP contribution in [0.3, 0.4) is 0 Å². The Hall–Kier alpha value is -1.49. The molecule has 1 aromatic rings. The zero-order valence-corrected chi connectivity index (χ0v) is 8.23. The molecule has 0 saturated heterocycles. The van der Waals surface area contributed by atoms with Gasteiger partial charge < -0.3 is 20.2 Å². The van der Waals surface area contributed by atoms with Crippen molar-refractivity contribution in [2.24, 2.45) is 5.73 Å². The van der Waals surface area contributed by atoms with Crippen LogP contribution in [0.4, 0.5) is 5.88 Å². The van der Waals surface area contributed by atoms with Gasteiger partial charge >= 0.3 is 5.97 Å². The zero-order chi connectivity index (χ0) is 10.7. The van der Waals surface area contributed by atoms with Crippen LogP contribution in [0.25, 0.3) is 0 Å². The van der Waals surface area contributed by atoms with Gasteiger partial charge in [0.1, 0.15) is 11.8 Å². The summed E-state index contributed by atoms with van der Waals surface area (Å²) >= 11 is 0. The molecule has 0 bridgehead atoms. The average Bonchev–Trinajstić information content (AvgIpc) is 2.51. The highest BCUT2D eigenvalue weighted by molar-refractivity contribution is 5.74.